The van der Waals surface area contributed by atoms with Crippen LogP contribution in [0, 0.1) is 11.6 Å². The molecule has 0 unspecified atom stereocenters. The first-order valence-electron chi connectivity index (χ1n) is 8.45. The summed E-state index contributed by atoms with van der Waals surface area (Å²) in [7, 11) is -3.72. The molecule has 29 heavy (non-hydrogen) atoms. The molecule has 3 rings (SSSR count). The van der Waals surface area contributed by atoms with E-state index < -0.39 is 27.6 Å². The summed E-state index contributed by atoms with van der Waals surface area (Å²) in [6, 6.07) is 10.8. The summed E-state index contributed by atoms with van der Waals surface area (Å²) in [6.07, 6.45) is 3.05. The number of nitrogens with one attached hydrogen (secondary N) is 2. The molecule has 0 aliphatic carbocycles. The molecule has 0 saturated carbocycles. The maximum absolute atomic E-state index is 13.3. The Bertz CT molecular complexity index is 1130. The number of rotatable bonds is 7. The summed E-state index contributed by atoms with van der Waals surface area (Å²) in [5.41, 5.74) is 0.779. The lowest BCUT2D eigenvalue weighted by atomic mass is 10.2. The van der Waals surface area contributed by atoms with E-state index in [9.17, 15) is 22.0 Å². The number of aromatic nitrogens is 2. The Labute approximate surface area is 165 Å². The van der Waals surface area contributed by atoms with Crippen molar-refractivity contribution in [3.63, 3.8) is 0 Å². The molecule has 3 aromatic rings. The first-order valence-corrected chi connectivity index (χ1v) is 10.1. The van der Waals surface area contributed by atoms with Crippen LogP contribution in [0.2, 0.25) is 0 Å². The van der Waals surface area contributed by atoms with Crippen molar-refractivity contribution in [1.82, 2.24) is 9.97 Å². The van der Waals surface area contributed by atoms with Crippen molar-refractivity contribution in [1.29, 1.82) is 0 Å². The van der Waals surface area contributed by atoms with E-state index in [-0.39, 0.29) is 29.2 Å². The fraction of sp³-hybridized carbons (Fsp3) is 0.105. The molecule has 1 aromatic carbocycles. The summed E-state index contributed by atoms with van der Waals surface area (Å²) in [5.74, 6) is -3.01. The van der Waals surface area contributed by atoms with E-state index in [4.69, 9.17) is 0 Å². The fourth-order valence-electron chi connectivity index (χ4n) is 2.40. The Kier molecular flexibility index (Phi) is 6.13. The number of carbonyl (C=O) groups is 1. The molecule has 10 heteroatoms. The number of nitrogens with zero attached hydrogens (tertiary/aromatic N) is 2. The number of sulfonamides is 1. The van der Waals surface area contributed by atoms with E-state index in [1.165, 1.54) is 24.4 Å². The SMILES string of the molecule is O=C(Nc1ccc(F)c(F)c1)c1ccnc(NS(=O)(=O)CCc2ccccn2)c1. The van der Waals surface area contributed by atoms with Crippen LogP contribution in [0.5, 0.6) is 0 Å². The molecule has 1 amide bonds. The lowest BCUT2D eigenvalue weighted by Crippen LogP contribution is -2.20. The van der Waals surface area contributed by atoms with Crippen LogP contribution in [0.3, 0.4) is 0 Å². The second-order valence-corrected chi connectivity index (χ2v) is 7.85. The lowest BCUT2D eigenvalue weighted by Gasteiger charge is -2.09. The van der Waals surface area contributed by atoms with Gasteiger partial charge in [0.2, 0.25) is 10.0 Å². The van der Waals surface area contributed by atoms with E-state index in [0.29, 0.717) is 5.69 Å². The third-order valence-electron chi connectivity index (χ3n) is 3.81. The highest BCUT2D eigenvalue weighted by molar-refractivity contribution is 7.92. The molecule has 2 N–H and O–H groups in total. The van der Waals surface area contributed by atoms with Crippen LogP contribution in [-0.2, 0) is 16.4 Å². The van der Waals surface area contributed by atoms with Gasteiger partial charge in [-0.1, -0.05) is 6.07 Å². The third-order valence-corrected chi connectivity index (χ3v) is 5.07. The van der Waals surface area contributed by atoms with Gasteiger partial charge in [-0.15, -0.1) is 0 Å². The number of aryl methyl sites for hydroxylation is 1. The van der Waals surface area contributed by atoms with Crippen LogP contribution < -0.4 is 10.0 Å². The Hall–Kier alpha value is -3.40. The predicted octanol–water partition coefficient (Wildman–Crippen LogP) is 2.99. The summed E-state index contributed by atoms with van der Waals surface area (Å²) in [5, 5.41) is 2.40. The molecule has 0 fully saturated rings. The molecule has 0 saturated heterocycles. The molecule has 7 nitrogen and oxygen atoms in total. The molecular formula is C19H16F2N4O3S. The second-order valence-electron chi connectivity index (χ2n) is 6.00. The minimum absolute atomic E-state index is 0.0380. The number of hydrogen-bond donors (Lipinski definition) is 2. The van der Waals surface area contributed by atoms with Gasteiger partial charge in [0.25, 0.3) is 5.91 Å². The van der Waals surface area contributed by atoms with Crippen molar-refractivity contribution in [2.24, 2.45) is 0 Å². The largest absolute Gasteiger partial charge is 0.322 e. The summed E-state index contributed by atoms with van der Waals surface area (Å²) in [6.45, 7) is 0. The Morgan fingerprint density at radius 1 is 0.966 bits per heavy atom. The van der Waals surface area contributed by atoms with E-state index in [2.05, 4.69) is 20.0 Å². The van der Waals surface area contributed by atoms with Gasteiger partial charge in [-0.3, -0.25) is 14.5 Å². The second kappa shape index (κ2) is 8.74. The zero-order chi connectivity index (χ0) is 20.9. The minimum Gasteiger partial charge on any atom is -0.322 e. The highest BCUT2D eigenvalue weighted by Gasteiger charge is 2.14. The maximum atomic E-state index is 13.3. The number of halogens is 2. The van der Waals surface area contributed by atoms with Crippen molar-refractivity contribution in [3.05, 3.63) is 83.8 Å². The van der Waals surface area contributed by atoms with E-state index >= 15 is 0 Å². The molecule has 0 aliphatic rings. The van der Waals surface area contributed by atoms with Crippen molar-refractivity contribution in [3.8, 4) is 0 Å². The topological polar surface area (TPSA) is 101 Å². The molecular weight excluding hydrogens is 402 g/mol. The van der Waals surface area contributed by atoms with Gasteiger partial charge in [0.15, 0.2) is 11.6 Å². The molecule has 0 spiro atoms. The number of benzene rings is 1. The Morgan fingerprint density at radius 3 is 2.52 bits per heavy atom. The smallest absolute Gasteiger partial charge is 0.255 e. The van der Waals surface area contributed by atoms with Gasteiger partial charge in [0.1, 0.15) is 5.82 Å². The van der Waals surface area contributed by atoms with E-state index in [1.54, 1.807) is 24.4 Å². The van der Waals surface area contributed by atoms with Crippen molar-refractivity contribution >= 4 is 27.4 Å². The first kappa shape index (κ1) is 20.3. The van der Waals surface area contributed by atoms with E-state index in [0.717, 1.165) is 12.1 Å². The number of pyridine rings is 2. The molecule has 0 atom stereocenters. The number of hydrogen-bond acceptors (Lipinski definition) is 5. The van der Waals surface area contributed by atoms with Crippen molar-refractivity contribution in [2.75, 3.05) is 15.8 Å². The van der Waals surface area contributed by atoms with Crippen LogP contribution in [0.4, 0.5) is 20.3 Å². The third kappa shape index (κ3) is 5.79. The van der Waals surface area contributed by atoms with Crippen LogP contribution in [0.15, 0.2) is 60.9 Å². The van der Waals surface area contributed by atoms with Crippen molar-refractivity contribution in [2.45, 2.75) is 6.42 Å². The Morgan fingerprint density at radius 2 is 1.79 bits per heavy atom. The molecule has 0 radical (unpaired) electrons. The van der Waals surface area contributed by atoms with E-state index in [1.807, 2.05) is 0 Å². The van der Waals surface area contributed by atoms with Crippen LogP contribution >= 0.6 is 0 Å². The molecule has 2 aromatic heterocycles. The molecule has 2 heterocycles. The quantitative estimate of drug-likeness (QED) is 0.614. The van der Waals surface area contributed by atoms with Gasteiger partial charge in [0.05, 0.1) is 5.75 Å². The van der Waals surface area contributed by atoms with Gasteiger partial charge in [-0.2, -0.15) is 0 Å². The minimum atomic E-state index is -3.72. The first-order chi connectivity index (χ1) is 13.8. The summed E-state index contributed by atoms with van der Waals surface area (Å²) >= 11 is 0. The van der Waals surface area contributed by atoms with Gasteiger partial charge in [-0.25, -0.2) is 22.2 Å². The number of anilines is 2. The maximum Gasteiger partial charge on any atom is 0.255 e. The predicted molar refractivity (Wildman–Crippen MR) is 104 cm³/mol. The fourth-order valence-corrected chi connectivity index (χ4v) is 3.41. The molecule has 150 valence electrons. The van der Waals surface area contributed by atoms with Crippen LogP contribution in [-0.4, -0.2) is 30.0 Å². The standard InChI is InChI=1S/C19H16F2N4O3S/c20-16-5-4-15(12-17(16)21)24-19(26)13-6-9-23-18(11-13)25-29(27,28)10-7-14-3-1-2-8-22-14/h1-6,8-9,11-12H,7,10H2,(H,23,25)(H,24,26). The Balaban J connectivity index is 1.66. The molecule has 0 aliphatic heterocycles. The molecule has 0 bridgehead atoms. The summed E-state index contributed by atoms with van der Waals surface area (Å²) < 4.78 is 53.1. The monoisotopic (exact) mass is 418 g/mol. The van der Waals surface area contributed by atoms with Crippen molar-refractivity contribution < 1.29 is 22.0 Å². The number of carbonyl (C=O) groups excluding carboxylic acids is 1. The van der Waals surface area contributed by atoms with Crippen LogP contribution in [0.1, 0.15) is 16.1 Å². The zero-order valence-electron chi connectivity index (χ0n) is 15.0. The average molecular weight is 418 g/mol. The lowest BCUT2D eigenvalue weighted by molar-refractivity contribution is 0.102. The summed E-state index contributed by atoms with van der Waals surface area (Å²) in [4.78, 5) is 20.3. The van der Waals surface area contributed by atoms with Gasteiger partial charge in [-0.05, 0) is 36.4 Å². The normalized spacial score (nSPS) is 11.1. The highest BCUT2D eigenvalue weighted by atomic mass is 32.2. The van der Waals surface area contributed by atoms with Gasteiger partial charge in [0, 0.05) is 41.8 Å². The van der Waals surface area contributed by atoms with Gasteiger partial charge < -0.3 is 5.32 Å². The van der Waals surface area contributed by atoms with Crippen LogP contribution in [0.25, 0.3) is 0 Å². The van der Waals surface area contributed by atoms with Gasteiger partial charge >= 0.3 is 0 Å². The highest BCUT2D eigenvalue weighted by Crippen LogP contribution is 2.16. The average Bonchev–Trinajstić information content (AvgIpc) is 2.70. The number of amides is 1. The zero-order valence-corrected chi connectivity index (χ0v) is 15.8.